The van der Waals surface area contributed by atoms with Crippen LogP contribution in [-0.4, -0.2) is 25.1 Å². The van der Waals surface area contributed by atoms with E-state index in [0.29, 0.717) is 27.6 Å². The van der Waals surface area contributed by atoms with Crippen molar-refractivity contribution in [1.29, 1.82) is 0 Å². The van der Waals surface area contributed by atoms with Crippen LogP contribution in [0.2, 0.25) is 5.02 Å². The lowest BCUT2D eigenvalue weighted by molar-refractivity contribution is -0.114. The van der Waals surface area contributed by atoms with Crippen LogP contribution in [-0.2, 0) is 28.0 Å². The summed E-state index contributed by atoms with van der Waals surface area (Å²) in [6.07, 6.45) is 1.52. The number of hydrogen-bond donors (Lipinski definition) is 1. The Kier molecular flexibility index (Phi) is 7.95. The molecule has 1 N–H and O–H groups in total. The number of halogens is 1. The Labute approximate surface area is 219 Å². The lowest BCUT2D eigenvalue weighted by Gasteiger charge is -2.23. The number of furan rings is 1. The number of benzene rings is 3. The first-order valence-corrected chi connectivity index (χ1v) is 13.0. The zero-order valence-electron chi connectivity index (χ0n) is 19.8. The molecule has 0 atom stereocenters. The molecule has 0 fully saturated rings. The zero-order valence-corrected chi connectivity index (χ0v) is 21.3. The Hall–Kier alpha value is -4.08. The number of anilines is 1. The molecule has 4 aromatic rings. The lowest BCUT2D eigenvalue weighted by atomic mass is 10.1. The second kappa shape index (κ2) is 11.3. The van der Waals surface area contributed by atoms with E-state index in [0.717, 1.165) is 0 Å². The van der Waals surface area contributed by atoms with Crippen LogP contribution in [0.25, 0.3) is 0 Å². The highest BCUT2D eigenvalue weighted by Gasteiger charge is 2.21. The van der Waals surface area contributed by atoms with Gasteiger partial charge in [-0.2, -0.15) is 8.42 Å². The molecule has 4 rings (SSSR count). The van der Waals surface area contributed by atoms with E-state index in [-0.39, 0.29) is 35.5 Å². The molecule has 0 aliphatic rings. The van der Waals surface area contributed by atoms with Crippen molar-refractivity contribution in [1.82, 2.24) is 4.90 Å². The van der Waals surface area contributed by atoms with Gasteiger partial charge >= 0.3 is 10.1 Å². The van der Waals surface area contributed by atoms with Gasteiger partial charge in [-0.15, -0.1) is 0 Å². The third-order valence-electron chi connectivity index (χ3n) is 5.26. The number of nitrogens with zero attached hydrogens (tertiary/aromatic N) is 1. The van der Waals surface area contributed by atoms with Gasteiger partial charge in [0.2, 0.25) is 5.91 Å². The molecule has 0 aliphatic heterocycles. The van der Waals surface area contributed by atoms with Crippen LogP contribution in [0.1, 0.15) is 28.6 Å². The van der Waals surface area contributed by atoms with Gasteiger partial charge in [0.15, 0.2) is 0 Å². The SMILES string of the molecule is CC(=O)Nc1ccc(S(=O)(=O)Oc2cccc(CN(Cc3ccco3)C(=O)c3ccccc3Cl)c2)cc1. The van der Waals surface area contributed by atoms with E-state index in [4.69, 9.17) is 20.2 Å². The van der Waals surface area contributed by atoms with Crippen molar-refractivity contribution in [2.45, 2.75) is 24.9 Å². The molecule has 37 heavy (non-hydrogen) atoms. The summed E-state index contributed by atoms with van der Waals surface area (Å²) in [4.78, 5) is 26.0. The number of amides is 2. The molecule has 8 nitrogen and oxygen atoms in total. The van der Waals surface area contributed by atoms with Gasteiger partial charge in [0.25, 0.3) is 5.91 Å². The maximum atomic E-state index is 13.3. The number of nitrogens with one attached hydrogen (secondary N) is 1. The normalized spacial score (nSPS) is 11.1. The smallest absolute Gasteiger partial charge is 0.339 e. The van der Waals surface area contributed by atoms with Gasteiger partial charge in [0, 0.05) is 19.2 Å². The minimum absolute atomic E-state index is 0.0691. The summed E-state index contributed by atoms with van der Waals surface area (Å²) in [6.45, 7) is 1.69. The zero-order chi connectivity index (χ0) is 26.4. The molecule has 1 aromatic heterocycles. The topological polar surface area (TPSA) is 106 Å². The van der Waals surface area contributed by atoms with Gasteiger partial charge in [0.05, 0.1) is 23.4 Å². The Morgan fingerprint density at radius 3 is 2.38 bits per heavy atom. The highest BCUT2D eigenvalue weighted by Crippen LogP contribution is 2.24. The summed E-state index contributed by atoms with van der Waals surface area (Å²) >= 11 is 6.26. The van der Waals surface area contributed by atoms with Gasteiger partial charge in [-0.25, -0.2) is 0 Å². The van der Waals surface area contributed by atoms with Crippen molar-refractivity contribution in [2.75, 3.05) is 5.32 Å². The van der Waals surface area contributed by atoms with Crippen LogP contribution >= 0.6 is 11.6 Å². The molecule has 2 amide bonds. The third kappa shape index (κ3) is 6.78. The summed E-state index contributed by atoms with van der Waals surface area (Å²) in [7, 11) is -4.14. The second-order valence-corrected chi connectivity index (χ2v) is 10.1. The second-order valence-electron chi connectivity index (χ2n) is 8.11. The van der Waals surface area contributed by atoms with Crippen molar-refractivity contribution in [3.8, 4) is 5.75 Å². The van der Waals surface area contributed by atoms with E-state index >= 15 is 0 Å². The minimum Gasteiger partial charge on any atom is -0.467 e. The predicted molar refractivity (Wildman–Crippen MR) is 139 cm³/mol. The Morgan fingerprint density at radius 1 is 0.946 bits per heavy atom. The van der Waals surface area contributed by atoms with Crippen molar-refractivity contribution >= 4 is 39.2 Å². The predicted octanol–water partition coefficient (Wildman–Crippen LogP) is 5.50. The molecule has 0 bridgehead atoms. The molecule has 0 radical (unpaired) electrons. The van der Waals surface area contributed by atoms with E-state index in [1.807, 2.05) is 0 Å². The molecular formula is C27H23ClN2O6S. The molecule has 1 heterocycles. The van der Waals surface area contributed by atoms with Gasteiger partial charge in [-0.05, 0) is 66.2 Å². The summed E-state index contributed by atoms with van der Waals surface area (Å²) < 4.78 is 36.4. The molecule has 0 unspecified atom stereocenters. The first kappa shape index (κ1) is 26.0. The number of carbonyl (C=O) groups excluding carboxylic acids is 2. The maximum Gasteiger partial charge on any atom is 0.339 e. The average Bonchev–Trinajstić information content (AvgIpc) is 3.37. The average molecular weight is 539 g/mol. The van der Waals surface area contributed by atoms with Crippen molar-refractivity contribution in [2.24, 2.45) is 0 Å². The summed E-state index contributed by atoms with van der Waals surface area (Å²) in [5.74, 6) is 0.0997. The first-order valence-electron chi connectivity index (χ1n) is 11.2. The van der Waals surface area contributed by atoms with Crippen LogP contribution in [0.5, 0.6) is 5.75 Å². The summed E-state index contributed by atoms with van der Waals surface area (Å²) in [5.41, 5.74) is 1.45. The van der Waals surface area contributed by atoms with Gasteiger partial charge < -0.3 is 18.8 Å². The quantitative estimate of drug-likeness (QED) is 0.282. The standard InChI is InChI=1S/C27H23ClN2O6S/c1-19(31)29-21-11-13-24(14-12-21)37(33,34)36-22-7-4-6-20(16-22)17-30(18-23-8-5-15-35-23)27(32)25-9-2-3-10-26(25)28/h2-16H,17-18H2,1H3,(H,29,31). The van der Waals surface area contributed by atoms with Gasteiger partial charge in [-0.1, -0.05) is 35.9 Å². The largest absolute Gasteiger partial charge is 0.467 e. The van der Waals surface area contributed by atoms with E-state index in [1.165, 1.54) is 43.5 Å². The Morgan fingerprint density at radius 2 is 1.70 bits per heavy atom. The van der Waals surface area contributed by atoms with Gasteiger partial charge in [-0.3, -0.25) is 9.59 Å². The van der Waals surface area contributed by atoms with E-state index in [2.05, 4.69) is 5.32 Å². The van der Waals surface area contributed by atoms with Crippen LogP contribution in [0.15, 0.2) is 101 Å². The Bertz CT molecular complexity index is 1500. The summed E-state index contributed by atoms with van der Waals surface area (Å²) in [5, 5.41) is 2.90. The molecule has 3 aromatic carbocycles. The van der Waals surface area contributed by atoms with Gasteiger partial charge in [0.1, 0.15) is 16.4 Å². The Balaban J connectivity index is 1.54. The fourth-order valence-electron chi connectivity index (χ4n) is 3.59. The van der Waals surface area contributed by atoms with E-state index < -0.39 is 10.1 Å². The molecule has 0 spiro atoms. The molecule has 190 valence electrons. The summed E-state index contributed by atoms with van der Waals surface area (Å²) in [6, 6.07) is 22.4. The fourth-order valence-corrected chi connectivity index (χ4v) is 4.73. The van der Waals surface area contributed by atoms with E-state index in [1.54, 1.807) is 59.5 Å². The molecular weight excluding hydrogens is 516 g/mol. The van der Waals surface area contributed by atoms with Crippen LogP contribution in [0.3, 0.4) is 0 Å². The highest BCUT2D eigenvalue weighted by atomic mass is 35.5. The van der Waals surface area contributed by atoms with Crippen molar-refractivity contribution in [3.05, 3.63) is 113 Å². The molecule has 0 saturated heterocycles. The molecule has 0 saturated carbocycles. The molecule has 10 heteroatoms. The fraction of sp³-hybridized carbons (Fsp3) is 0.111. The lowest BCUT2D eigenvalue weighted by Crippen LogP contribution is -2.30. The van der Waals surface area contributed by atoms with Crippen LogP contribution < -0.4 is 9.50 Å². The monoisotopic (exact) mass is 538 g/mol. The maximum absolute atomic E-state index is 13.3. The number of carbonyl (C=O) groups is 2. The van der Waals surface area contributed by atoms with Crippen LogP contribution in [0, 0.1) is 0 Å². The van der Waals surface area contributed by atoms with Crippen LogP contribution in [0.4, 0.5) is 5.69 Å². The number of hydrogen-bond acceptors (Lipinski definition) is 6. The first-order chi connectivity index (χ1) is 17.7. The third-order valence-corrected chi connectivity index (χ3v) is 6.85. The molecule has 0 aliphatic carbocycles. The van der Waals surface area contributed by atoms with E-state index in [9.17, 15) is 18.0 Å². The van der Waals surface area contributed by atoms with Crippen molar-refractivity contribution in [3.63, 3.8) is 0 Å². The van der Waals surface area contributed by atoms with Crippen molar-refractivity contribution < 1.29 is 26.6 Å². The minimum atomic E-state index is -4.14. The number of rotatable bonds is 9. The highest BCUT2D eigenvalue weighted by molar-refractivity contribution is 7.87.